The van der Waals surface area contributed by atoms with Crippen LogP contribution < -0.4 is 0 Å². The summed E-state index contributed by atoms with van der Waals surface area (Å²) in [5.41, 5.74) is 0.317. The van der Waals surface area contributed by atoms with Gasteiger partial charge >= 0.3 is 0 Å². The highest BCUT2D eigenvalue weighted by Crippen LogP contribution is 2.45. The molecule has 0 aromatic carbocycles. The largest absolute Gasteiger partial charge is 0.283 e. The van der Waals surface area contributed by atoms with E-state index in [-0.39, 0.29) is 0 Å². The fourth-order valence-electron chi connectivity index (χ4n) is 4.29. The second-order valence-electron chi connectivity index (χ2n) is 9.87. The van der Waals surface area contributed by atoms with Gasteiger partial charge in [0.2, 0.25) is 22.4 Å². The number of rotatable bonds is 12. The first-order valence-corrected chi connectivity index (χ1v) is 16.9. The first-order valence-electron chi connectivity index (χ1n) is 11.8. The van der Waals surface area contributed by atoms with Crippen molar-refractivity contribution >= 4 is 16.6 Å². The normalized spacial score (nSPS) is 19.2. The topological polar surface area (TPSA) is 36.9 Å². The Morgan fingerprint density at radius 3 is 1.25 bits per heavy atom. The van der Waals surface area contributed by atoms with Crippen LogP contribution in [-0.2, 0) is 18.9 Å². The zero-order chi connectivity index (χ0) is 21.5. The van der Waals surface area contributed by atoms with Crippen molar-refractivity contribution in [1.82, 2.24) is 0 Å². The van der Waals surface area contributed by atoms with Crippen molar-refractivity contribution in [3.05, 3.63) is 0 Å². The van der Waals surface area contributed by atoms with Crippen LogP contribution in [0.4, 0.5) is 0 Å². The first-order chi connectivity index (χ1) is 13.1. The quantitative estimate of drug-likeness (QED) is 0.136. The Labute approximate surface area is 177 Å². The molecule has 0 unspecified atom stereocenters. The molecule has 0 aromatic heterocycles. The van der Waals surface area contributed by atoms with E-state index in [1.165, 1.54) is 0 Å². The summed E-state index contributed by atoms with van der Waals surface area (Å²) in [6.07, 6.45) is 3.87. The van der Waals surface area contributed by atoms with E-state index < -0.39 is 22.4 Å². The molecule has 0 N–H and O–H groups in total. The van der Waals surface area contributed by atoms with Gasteiger partial charge in [-0.25, -0.2) is 9.78 Å². The van der Waals surface area contributed by atoms with Crippen molar-refractivity contribution in [3.63, 3.8) is 0 Å². The Balaban J connectivity index is 2.95. The van der Waals surface area contributed by atoms with Crippen LogP contribution in [0.15, 0.2) is 0 Å². The molecule has 1 aliphatic rings. The zero-order valence-corrected chi connectivity index (χ0v) is 22.3. The van der Waals surface area contributed by atoms with Crippen molar-refractivity contribution in [2.75, 3.05) is 0 Å². The Kier molecular flexibility index (Phi) is 10.4. The van der Waals surface area contributed by atoms with Crippen LogP contribution in [-0.4, -0.2) is 22.4 Å². The van der Waals surface area contributed by atoms with Gasteiger partial charge in [0.15, 0.2) is 0 Å². The van der Waals surface area contributed by atoms with Gasteiger partial charge in [-0.1, -0.05) is 62.3 Å². The van der Waals surface area contributed by atoms with E-state index >= 15 is 0 Å². The highest BCUT2D eigenvalue weighted by Gasteiger charge is 2.46. The predicted octanol–water partition coefficient (Wildman–Crippen LogP) is 7.83. The van der Waals surface area contributed by atoms with Gasteiger partial charge in [-0.15, -0.1) is 0 Å². The van der Waals surface area contributed by atoms with Gasteiger partial charge < -0.3 is 0 Å². The first kappa shape index (κ1) is 26.3. The third kappa shape index (κ3) is 6.64. The van der Waals surface area contributed by atoms with Crippen LogP contribution in [0.2, 0.25) is 36.3 Å². The minimum absolute atomic E-state index is 0.317. The van der Waals surface area contributed by atoms with Crippen molar-refractivity contribution in [2.24, 2.45) is 11.3 Å². The molecule has 1 saturated carbocycles. The molecular weight excluding hydrogens is 384 g/mol. The molecule has 6 heteroatoms. The van der Waals surface area contributed by atoms with Gasteiger partial charge in [0.05, 0.1) is 0 Å². The maximum Gasteiger partial charge on any atom is 0.238 e. The molecule has 1 fully saturated rings. The van der Waals surface area contributed by atoms with E-state index in [0.29, 0.717) is 11.3 Å². The molecular formula is C22H48O4Si2. The second kappa shape index (κ2) is 11.1. The van der Waals surface area contributed by atoms with Crippen LogP contribution in [0.3, 0.4) is 0 Å². The Morgan fingerprint density at radius 2 is 1.00 bits per heavy atom. The fraction of sp³-hybridized carbons (Fsp3) is 1.00. The molecule has 28 heavy (non-hydrogen) atoms. The lowest BCUT2D eigenvalue weighted by Gasteiger charge is -2.44. The standard InChI is InChI=1S/C22H48O4Si2/c1-10-27(11-2,12-3)25-23-22(24-26-28(13-4,14-5)15-6)18-16-20(17-19-22)21(7,8)9/h20H,10-19H2,1-9H3. The number of hydrogen-bond acceptors (Lipinski definition) is 4. The van der Waals surface area contributed by atoms with Gasteiger partial charge in [0.1, 0.15) is 0 Å². The summed E-state index contributed by atoms with van der Waals surface area (Å²) < 4.78 is 12.5. The van der Waals surface area contributed by atoms with E-state index in [0.717, 1.165) is 61.9 Å². The highest BCUT2D eigenvalue weighted by atomic mass is 28.4. The van der Waals surface area contributed by atoms with E-state index in [9.17, 15) is 0 Å². The molecule has 0 aliphatic heterocycles. The molecule has 1 aliphatic carbocycles. The molecule has 0 bridgehead atoms. The highest BCUT2D eigenvalue weighted by molar-refractivity contribution is 6.73. The van der Waals surface area contributed by atoms with Crippen molar-refractivity contribution in [3.8, 4) is 0 Å². The Bertz CT molecular complexity index is 392. The minimum atomic E-state index is -1.85. The van der Waals surface area contributed by atoms with E-state index in [4.69, 9.17) is 18.9 Å². The predicted molar refractivity (Wildman–Crippen MR) is 123 cm³/mol. The molecule has 1 rings (SSSR count). The minimum Gasteiger partial charge on any atom is -0.283 e. The lowest BCUT2D eigenvalue weighted by atomic mass is 9.71. The van der Waals surface area contributed by atoms with Gasteiger partial charge in [0, 0.05) is 12.8 Å². The average Bonchev–Trinajstić information content (AvgIpc) is 2.71. The molecule has 0 radical (unpaired) electrons. The lowest BCUT2D eigenvalue weighted by molar-refractivity contribution is -0.475. The lowest BCUT2D eigenvalue weighted by Crippen LogP contribution is -2.49. The SMILES string of the molecule is CC[Si](CC)(CC)OOC1(OO[Si](CC)(CC)CC)CCC(C(C)(C)C)CC1. The molecule has 0 amide bonds. The smallest absolute Gasteiger partial charge is 0.238 e. The Morgan fingerprint density at radius 1 is 0.679 bits per heavy atom. The van der Waals surface area contributed by atoms with E-state index in [1.807, 2.05) is 0 Å². The monoisotopic (exact) mass is 432 g/mol. The van der Waals surface area contributed by atoms with Gasteiger partial charge in [-0.2, -0.15) is 0 Å². The summed E-state index contributed by atoms with van der Waals surface area (Å²) in [5, 5.41) is 0. The average molecular weight is 433 g/mol. The van der Waals surface area contributed by atoms with Crippen LogP contribution in [0.25, 0.3) is 0 Å². The van der Waals surface area contributed by atoms with Crippen LogP contribution >= 0.6 is 0 Å². The molecule has 0 heterocycles. The molecule has 0 atom stereocenters. The van der Waals surface area contributed by atoms with Crippen LogP contribution in [0, 0.1) is 11.3 Å². The summed E-state index contributed by atoms with van der Waals surface area (Å²) >= 11 is 0. The van der Waals surface area contributed by atoms with Gasteiger partial charge in [-0.05, 0) is 60.4 Å². The summed E-state index contributed by atoms with van der Waals surface area (Å²) in [6.45, 7) is 20.4. The van der Waals surface area contributed by atoms with Gasteiger partial charge in [0.25, 0.3) is 0 Å². The fourth-order valence-corrected chi connectivity index (χ4v) is 8.65. The van der Waals surface area contributed by atoms with Crippen molar-refractivity contribution < 1.29 is 18.9 Å². The van der Waals surface area contributed by atoms with E-state index in [2.05, 4.69) is 62.3 Å². The summed E-state index contributed by atoms with van der Waals surface area (Å²) in [6, 6.07) is 6.41. The third-order valence-electron chi connectivity index (χ3n) is 7.58. The number of hydrogen-bond donors (Lipinski definition) is 0. The zero-order valence-electron chi connectivity index (χ0n) is 20.3. The Hall–Kier alpha value is 0.274. The molecule has 0 spiro atoms. The molecule has 0 saturated heterocycles. The molecule has 0 aromatic rings. The summed E-state index contributed by atoms with van der Waals surface area (Å²) in [7, 11) is -3.70. The van der Waals surface area contributed by atoms with Crippen LogP contribution in [0.5, 0.6) is 0 Å². The maximum absolute atomic E-state index is 6.26. The maximum atomic E-state index is 6.26. The van der Waals surface area contributed by atoms with E-state index in [1.54, 1.807) is 0 Å². The third-order valence-corrected chi connectivity index (χ3v) is 16.2. The van der Waals surface area contributed by atoms with Crippen molar-refractivity contribution in [2.45, 2.75) is 130 Å². The summed E-state index contributed by atoms with van der Waals surface area (Å²) in [5.74, 6) is -0.0547. The van der Waals surface area contributed by atoms with Gasteiger partial charge in [-0.3, -0.25) is 9.15 Å². The molecule has 4 nitrogen and oxygen atoms in total. The van der Waals surface area contributed by atoms with Crippen molar-refractivity contribution in [1.29, 1.82) is 0 Å². The van der Waals surface area contributed by atoms with Crippen LogP contribution in [0.1, 0.15) is 88.0 Å². The summed E-state index contributed by atoms with van der Waals surface area (Å²) in [4.78, 5) is 12.5. The molecule has 168 valence electrons. The second-order valence-corrected chi connectivity index (χ2v) is 19.2.